The molecule has 4 rings (SSSR count). The average Bonchev–Trinajstić information content (AvgIpc) is 2.97. The van der Waals surface area contributed by atoms with Crippen molar-refractivity contribution in [2.75, 3.05) is 16.0 Å². The first-order chi connectivity index (χ1) is 20.0. The fraction of sp³-hybridized carbons (Fsp3) is 0.750. The molecule has 0 atom stereocenters. The summed E-state index contributed by atoms with van der Waals surface area (Å²) < 4.78 is 0. The Labute approximate surface area is 254 Å². The smallest absolute Gasteiger partial charge is 0.227 e. The van der Waals surface area contributed by atoms with Gasteiger partial charge in [0.25, 0.3) is 0 Å². The maximum absolute atomic E-state index is 13.3. The van der Waals surface area contributed by atoms with Gasteiger partial charge >= 0.3 is 0 Å². The van der Waals surface area contributed by atoms with Gasteiger partial charge < -0.3 is 16.0 Å². The summed E-state index contributed by atoms with van der Waals surface area (Å²) in [4.78, 5) is 39.9. The maximum Gasteiger partial charge on any atom is 0.227 e. The number of amides is 3. The highest BCUT2D eigenvalue weighted by Crippen LogP contribution is 2.37. The van der Waals surface area contributed by atoms with Crippen molar-refractivity contribution < 1.29 is 14.4 Å². The molecular weight excluding hydrogens is 522 g/mol. The highest BCUT2D eigenvalue weighted by molar-refractivity contribution is 5.99. The zero-order valence-corrected chi connectivity index (χ0v) is 27.1. The van der Waals surface area contributed by atoms with Crippen molar-refractivity contribution in [3.8, 4) is 0 Å². The van der Waals surface area contributed by atoms with Crippen molar-refractivity contribution in [3.05, 3.63) is 18.2 Å². The SMILES string of the molecule is CC(C)[C@H]1CC[C@H](C(=O)Nc2cc(NC(=O)[C@H]3CC[C@H](C(C)C)CC3)cc(NC(=O)[C@H]3CC[C@H](C(C)C)CC3)c2)CC1. The molecule has 0 spiro atoms. The molecule has 0 bridgehead atoms. The summed E-state index contributed by atoms with van der Waals surface area (Å²) in [6.45, 7) is 13.6. The van der Waals surface area contributed by atoms with Crippen molar-refractivity contribution >= 4 is 34.8 Å². The molecule has 42 heavy (non-hydrogen) atoms. The molecule has 6 heteroatoms. The third-order valence-electron chi connectivity index (χ3n) is 11.0. The van der Waals surface area contributed by atoms with Crippen molar-refractivity contribution in [2.45, 2.75) is 119 Å². The second-order valence-corrected chi connectivity index (χ2v) is 14.8. The minimum absolute atomic E-state index is 0.00331. The molecule has 0 heterocycles. The van der Waals surface area contributed by atoms with Gasteiger partial charge in [-0.2, -0.15) is 0 Å². The largest absolute Gasteiger partial charge is 0.326 e. The fourth-order valence-electron chi connectivity index (χ4n) is 7.72. The third kappa shape index (κ3) is 8.83. The fourth-order valence-corrected chi connectivity index (χ4v) is 7.72. The molecule has 0 saturated heterocycles. The normalized spacial score (nSPS) is 28.5. The van der Waals surface area contributed by atoms with Gasteiger partial charge in [0.1, 0.15) is 0 Å². The number of hydrogen-bond acceptors (Lipinski definition) is 3. The van der Waals surface area contributed by atoms with Crippen molar-refractivity contribution in [1.82, 2.24) is 0 Å². The molecular formula is C36H57N3O3. The van der Waals surface area contributed by atoms with Crippen LogP contribution in [0, 0.1) is 53.3 Å². The van der Waals surface area contributed by atoms with Crippen LogP contribution < -0.4 is 16.0 Å². The number of carbonyl (C=O) groups excluding carboxylic acids is 3. The van der Waals surface area contributed by atoms with Gasteiger partial charge in [0.2, 0.25) is 17.7 Å². The van der Waals surface area contributed by atoms with Crippen LogP contribution in [0.5, 0.6) is 0 Å². The van der Waals surface area contributed by atoms with Crippen LogP contribution in [0.3, 0.4) is 0 Å². The Morgan fingerprint density at radius 2 is 0.667 bits per heavy atom. The summed E-state index contributed by atoms with van der Waals surface area (Å²) in [6, 6.07) is 5.54. The number of benzene rings is 1. The molecule has 0 unspecified atom stereocenters. The van der Waals surface area contributed by atoms with E-state index in [0.717, 1.165) is 77.0 Å². The molecule has 3 amide bonds. The van der Waals surface area contributed by atoms with Gasteiger partial charge in [0, 0.05) is 34.8 Å². The number of hydrogen-bond donors (Lipinski definition) is 3. The van der Waals surface area contributed by atoms with Crippen LogP contribution in [0.2, 0.25) is 0 Å². The Kier molecular flexibility index (Phi) is 11.5. The summed E-state index contributed by atoms with van der Waals surface area (Å²) in [5.74, 6) is 4.17. The summed E-state index contributed by atoms with van der Waals surface area (Å²) in [5.41, 5.74) is 1.89. The highest BCUT2D eigenvalue weighted by Gasteiger charge is 2.30. The predicted molar refractivity (Wildman–Crippen MR) is 173 cm³/mol. The zero-order valence-electron chi connectivity index (χ0n) is 27.1. The monoisotopic (exact) mass is 579 g/mol. The molecule has 0 aromatic heterocycles. The van der Waals surface area contributed by atoms with E-state index in [4.69, 9.17) is 0 Å². The lowest BCUT2D eigenvalue weighted by atomic mass is 9.76. The topological polar surface area (TPSA) is 87.3 Å². The molecule has 3 aliphatic carbocycles. The molecule has 3 aliphatic rings. The van der Waals surface area contributed by atoms with E-state index in [1.807, 2.05) is 18.2 Å². The van der Waals surface area contributed by atoms with Crippen LogP contribution in [0.1, 0.15) is 119 Å². The molecule has 6 nitrogen and oxygen atoms in total. The standard InChI is InChI=1S/C36H57N3O3/c1-22(2)25-7-13-28(14-8-25)34(40)37-31-19-32(38-35(41)29-15-9-26(10-16-29)23(3)4)21-33(20-31)39-36(42)30-17-11-27(12-18-30)24(5)6/h19-30H,7-18H2,1-6H3,(H,37,40)(H,38,41)(H,39,42)/t25-,26-,27-,28-,29-,30-. The van der Waals surface area contributed by atoms with E-state index in [2.05, 4.69) is 57.5 Å². The quantitative estimate of drug-likeness (QED) is 0.273. The molecule has 1 aromatic rings. The van der Waals surface area contributed by atoms with Crippen molar-refractivity contribution in [3.63, 3.8) is 0 Å². The number of carbonyl (C=O) groups is 3. The summed E-state index contributed by atoms with van der Waals surface area (Å²) in [6.07, 6.45) is 12.0. The van der Waals surface area contributed by atoms with Crippen molar-refractivity contribution in [2.24, 2.45) is 53.3 Å². The van der Waals surface area contributed by atoms with Crippen LogP contribution in [-0.2, 0) is 14.4 Å². The van der Waals surface area contributed by atoms with Gasteiger partial charge in [-0.15, -0.1) is 0 Å². The van der Waals surface area contributed by atoms with Gasteiger partial charge in [-0.3, -0.25) is 14.4 Å². The Hall–Kier alpha value is -2.37. The maximum atomic E-state index is 13.3. The zero-order chi connectivity index (χ0) is 30.4. The van der Waals surface area contributed by atoms with Gasteiger partial charge in [-0.05, 0) is 131 Å². The number of rotatable bonds is 9. The van der Waals surface area contributed by atoms with Crippen LogP contribution in [0.15, 0.2) is 18.2 Å². The van der Waals surface area contributed by atoms with Crippen LogP contribution >= 0.6 is 0 Å². The summed E-state index contributed by atoms with van der Waals surface area (Å²) in [7, 11) is 0. The minimum Gasteiger partial charge on any atom is -0.326 e. The van der Waals surface area contributed by atoms with E-state index >= 15 is 0 Å². The first kappa shape index (κ1) is 32.5. The van der Waals surface area contributed by atoms with Crippen LogP contribution in [0.25, 0.3) is 0 Å². The molecule has 0 radical (unpaired) electrons. The lowest BCUT2D eigenvalue weighted by Crippen LogP contribution is -2.30. The van der Waals surface area contributed by atoms with Crippen LogP contribution in [-0.4, -0.2) is 17.7 Å². The molecule has 3 N–H and O–H groups in total. The number of nitrogens with one attached hydrogen (secondary N) is 3. The summed E-state index contributed by atoms with van der Waals surface area (Å²) in [5, 5.41) is 9.41. The lowest BCUT2D eigenvalue weighted by Gasteiger charge is -2.31. The van der Waals surface area contributed by atoms with Crippen LogP contribution in [0.4, 0.5) is 17.1 Å². The van der Waals surface area contributed by atoms with E-state index in [1.165, 1.54) is 0 Å². The molecule has 3 saturated carbocycles. The Morgan fingerprint density at radius 3 is 0.857 bits per heavy atom. The lowest BCUT2D eigenvalue weighted by molar-refractivity contribution is -0.121. The molecule has 234 valence electrons. The van der Waals surface area contributed by atoms with Gasteiger partial charge in [-0.25, -0.2) is 0 Å². The number of anilines is 3. The summed E-state index contributed by atoms with van der Waals surface area (Å²) >= 11 is 0. The Bertz CT molecular complexity index is 911. The van der Waals surface area contributed by atoms with E-state index in [1.54, 1.807) is 0 Å². The third-order valence-corrected chi connectivity index (χ3v) is 11.0. The second kappa shape index (κ2) is 14.9. The second-order valence-electron chi connectivity index (χ2n) is 14.8. The molecule has 0 aliphatic heterocycles. The first-order valence-electron chi connectivity index (χ1n) is 17.1. The van der Waals surface area contributed by atoms with Gasteiger partial charge in [0.15, 0.2) is 0 Å². The van der Waals surface area contributed by atoms with Crippen molar-refractivity contribution in [1.29, 1.82) is 0 Å². The van der Waals surface area contributed by atoms with E-state index in [0.29, 0.717) is 52.6 Å². The predicted octanol–water partition coefficient (Wildman–Crippen LogP) is 8.89. The highest BCUT2D eigenvalue weighted by atomic mass is 16.2. The average molecular weight is 580 g/mol. The first-order valence-corrected chi connectivity index (χ1v) is 17.1. The minimum atomic E-state index is 0.00331. The Balaban J connectivity index is 1.44. The van der Waals surface area contributed by atoms with Gasteiger partial charge in [0.05, 0.1) is 0 Å². The van der Waals surface area contributed by atoms with E-state index < -0.39 is 0 Å². The molecule has 3 fully saturated rings. The van der Waals surface area contributed by atoms with Gasteiger partial charge in [-0.1, -0.05) is 41.5 Å². The van der Waals surface area contributed by atoms with E-state index in [9.17, 15) is 14.4 Å². The van der Waals surface area contributed by atoms with E-state index in [-0.39, 0.29) is 35.5 Å². The Morgan fingerprint density at radius 1 is 0.452 bits per heavy atom. The molecule has 1 aromatic carbocycles.